The van der Waals surface area contributed by atoms with E-state index in [1.165, 1.54) is 11.3 Å². The molecule has 1 fully saturated rings. The number of halogens is 1. The molecule has 0 aliphatic carbocycles. The average Bonchev–Trinajstić information content (AvgIpc) is 2.70. The first-order chi connectivity index (χ1) is 7.20. The zero-order valence-corrected chi connectivity index (χ0v) is 10.5. The molecule has 82 valence electrons. The molecule has 1 aromatic carbocycles. The molecule has 1 saturated heterocycles. The fraction of sp³-hybridized carbons (Fsp3) is 0.500. The molecule has 1 N–H and O–H groups in total. The highest BCUT2D eigenvalue weighted by Gasteiger charge is 2.21. The van der Waals surface area contributed by atoms with Crippen molar-refractivity contribution >= 4 is 21.6 Å². The van der Waals surface area contributed by atoms with Gasteiger partial charge in [-0.2, -0.15) is 0 Å². The third kappa shape index (κ3) is 2.34. The van der Waals surface area contributed by atoms with Gasteiger partial charge in [0.1, 0.15) is 0 Å². The van der Waals surface area contributed by atoms with Gasteiger partial charge in [0.15, 0.2) is 0 Å². The molecular weight excluding hydrogens is 254 g/mol. The Morgan fingerprint density at radius 1 is 1.53 bits per heavy atom. The van der Waals surface area contributed by atoms with Gasteiger partial charge in [0.05, 0.1) is 0 Å². The maximum atomic E-state index is 9.10. The molecule has 0 saturated carbocycles. The smallest absolute Gasteiger partial charge is 0.0476 e. The van der Waals surface area contributed by atoms with E-state index >= 15 is 0 Å². The maximum absolute atomic E-state index is 9.10. The summed E-state index contributed by atoms with van der Waals surface area (Å²) in [5.74, 6) is 0.453. The molecule has 2 nitrogen and oxygen atoms in total. The molecule has 0 spiro atoms. The number of hydrogen-bond acceptors (Lipinski definition) is 2. The summed E-state index contributed by atoms with van der Waals surface area (Å²) in [6, 6.07) is 6.43. The SMILES string of the molecule is Cc1cc(N2CCC(CO)C2)ccc1Br. The Morgan fingerprint density at radius 2 is 2.33 bits per heavy atom. The number of aryl methyl sites for hydroxylation is 1. The molecule has 0 aromatic heterocycles. The van der Waals surface area contributed by atoms with Crippen LogP contribution >= 0.6 is 15.9 Å². The first kappa shape index (κ1) is 11.0. The first-order valence-corrected chi connectivity index (χ1v) is 6.12. The van der Waals surface area contributed by atoms with E-state index < -0.39 is 0 Å². The standard InChI is InChI=1S/C12H16BrNO/c1-9-6-11(2-3-12(9)13)14-5-4-10(7-14)8-15/h2-3,6,10,15H,4-5,7-8H2,1H3. The minimum atomic E-state index is 0.312. The van der Waals surface area contributed by atoms with Crippen LogP contribution in [-0.4, -0.2) is 24.8 Å². The number of aliphatic hydroxyl groups excluding tert-OH is 1. The van der Waals surface area contributed by atoms with Gasteiger partial charge >= 0.3 is 0 Å². The van der Waals surface area contributed by atoms with Crippen LogP contribution in [0.1, 0.15) is 12.0 Å². The topological polar surface area (TPSA) is 23.5 Å². The molecule has 1 aromatic rings. The summed E-state index contributed by atoms with van der Waals surface area (Å²) in [4.78, 5) is 2.35. The minimum absolute atomic E-state index is 0.312. The van der Waals surface area contributed by atoms with E-state index in [-0.39, 0.29) is 0 Å². The molecular formula is C12H16BrNO. The van der Waals surface area contributed by atoms with Gasteiger partial charge in [-0.05, 0) is 37.1 Å². The summed E-state index contributed by atoms with van der Waals surface area (Å²) in [6.07, 6.45) is 1.10. The molecule has 0 amide bonds. The quantitative estimate of drug-likeness (QED) is 0.892. The predicted molar refractivity (Wildman–Crippen MR) is 66.3 cm³/mol. The van der Waals surface area contributed by atoms with Crippen molar-refractivity contribution in [2.45, 2.75) is 13.3 Å². The Kier molecular flexibility index (Phi) is 3.32. The van der Waals surface area contributed by atoms with Crippen LogP contribution < -0.4 is 4.90 Å². The van der Waals surface area contributed by atoms with Crippen molar-refractivity contribution in [3.8, 4) is 0 Å². The molecule has 15 heavy (non-hydrogen) atoms. The lowest BCUT2D eigenvalue weighted by atomic mass is 10.1. The van der Waals surface area contributed by atoms with E-state index in [4.69, 9.17) is 5.11 Å². The van der Waals surface area contributed by atoms with Crippen LogP contribution in [0.2, 0.25) is 0 Å². The third-order valence-corrected chi connectivity index (χ3v) is 3.94. The van der Waals surface area contributed by atoms with Crippen molar-refractivity contribution in [3.05, 3.63) is 28.2 Å². The Balaban J connectivity index is 2.13. The lowest BCUT2D eigenvalue weighted by Gasteiger charge is -2.19. The van der Waals surface area contributed by atoms with E-state index in [0.717, 1.165) is 24.0 Å². The van der Waals surface area contributed by atoms with E-state index in [1.807, 2.05) is 0 Å². The van der Waals surface area contributed by atoms with Crippen molar-refractivity contribution < 1.29 is 5.11 Å². The molecule has 1 aliphatic heterocycles. The summed E-state index contributed by atoms with van der Waals surface area (Å²) < 4.78 is 1.16. The van der Waals surface area contributed by atoms with E-state index in [0.29, 0.717) is 12.5 Å². The predicted octanol–water partition coefficient (Wildman–Crippen LogP) is 2.58. The number of aliphatic hydroxyl groups is 1. The monoisotopic (exact) mass is 269 g/mol. The maximum Gasteiger partial charge on any atom is 0.0476 e. The van der Waals surface area contributed by atoms with Crippen LogP contribution in [0, 0.1) is 12.8 Å². The summed E-state index contributed by atoms with van der Waals surface area (Å²) in [6.45, 7) is 4.46. The minimum Gasteiger partial charge on any atom is -0.396 e. The van der Waals surface area contributed by atoms with Crippen LogP contribution in [0.3, 0.4) is 0 Å². The number of anilines is 1. The summed E-state index contributed by atoms with van der Waals surface area (Å²) in [5.41, 5.74) is 2.53. The van der Waals surface area contributed by atoms with Gasteiger partial charge < -0.3 is 10.0 Å². The van der Waals surface area contributed by atoms with Gasteiger partial charge in [-0.1, -0.05) is 15.9 Å². The van der Waals surface area contributed by atoms with Crippen molar-refractivity contribution in [2.24, 2.45) is 5.92 Å². The first-order valence-electron chi connectivity index (χ1n) is 5.32. The highest BCUT2D eigenvalue weighted by Crippen LogP contribution is 2.27. The molecule has 1 heterocycles. The molecule has 0 radical (unpaired) electrons. The zero-order chi connectivity index (χ0) is 10.8. The second-order valence-electron chi connectivity index (χ2n) is 4.22. The van der Waals surface area contributed by atoms with Crippen LogP contribution in [0.15, 0.2) is 22.7 Å². The van der Waals surface area contributed by atoms with E-state index in [9.17, 15) is 0 Å². The van der Waals surface area contributed by atoms with Crippen LogP contribution in [0.25, 0.3) is 0 Å². The normalized spacial score (nSPS) is 21.0. The van der Waals surface area contributed by atoms with Gasteiger partial charge in [0, 0.05) is 35.8 Å². The number of nitrogens with zero attached hydrogens (tertiary/aromatic N) is 1. The highest BCUT2D eigenvalue weighted by atomic mass is 79.9. The Labute approximate surface area is 99.0 Å². The van der Waals surface area contributed by atoms with Gasteiger partial charge in [-0.15, -0.1) is 0 Å². The zero-order valence-electron chi connectivity index (χ0n) is 8.91. The molecule has 2 rings (SSSR count). The van der Waals surface area contributed by atoms with Crippen LogP contribution in [-0.2, 0) is 0 Å². The van der Waals surface area contributed by atoms with Crippen molar-refractivity contribution in [2.75, 3.05) is 24.6 Å². The second kappa shape index (κ2) is 4.54. The summed E-state index contributed by atoms with van der Waals surface area (Å²) >= 11 is 3.50. The Hall–Kier alpha value is -0.540. The Morgan fingerprint density at radius 3 is 2.93 bits per heavy atom. The van der Waals surface area contributed by atoms with Crippen molar-refractivity contribution in [3.63, 3.8) is 0 Å². The molecule has 3 heteroatoms. The highest BCUT2D eigenvalue weighted by molar-refractivity contribution is 9.10. The number of benzene rings is 1. The van der Waals surface area contributed by atoms with E-state index in [1.54, 1.807) is 0 Å². The fourth-order valence-electron chi connectivity index (χ4n) is 2.04. The molecule has 1 atom stereocenters. The number of rotatable bonds is 2. The fourth-order valence-corrected chi connectivity index (χ4v) is 2.29. The van der Waals surface area contributed by atoms with Crippen molar-refractivity contribution in [1.82, 2.24) is 0 Å². The van der Waals surface area contributed by atoms with Gasteiger partial charge in [0.2, 0.25) is 0 Å². The molecule has 1 aliphatic rings. The summed E-state index contributed by atoms with van der Waals surface area (Å²) in [7, 11) is 0. The third-order valence-electron chi connectivity index (χ3n) is 3.05. The number of hydrogen-bond donors (Lipinski definition) is 1. The summed E-state index contributed by atoms with van der Waals surface area (Å²) in [5, 5.41) is 9.10. The average molecular weight is 270 g/mol. The van der Waals surface area contributed by atoms with Gasteiger partial charge in [0.25, 0.3) is 0 Å². The van der Waals surface area contributed by atoms with Crippen LogP contribution in [0.4, 0.5) is 5.69 Å². The van der Waals surface area contributed by atoms with Crippen LogP contribution in [0.5, 0.6) is 0 Å². The van der Waals surface area contributed by atoms with E-state index in [2.05, 4.69) is 46.0 Å². The second-order valence-corrected chi connectivity index (χ2v) is 5.07. The van der Waals surface area contributed by atoms with Crippen molar-refractivity contribution in [1.29, 1.82) is 0 Å². The van der Waals surface area contributed by atoms with Gasteiger partial charge in [-0.25, -0.2) is 0 Å². The Bertz CT molecular complexity index is 353. The lowest BCUT2D eigenvalue weighted by Crippen LogP contribution is -2.20. The molecule has 0 bridgehead atoms. The van der Waals surface area contributed by atoms with Gasteiger partial charge in [-0.3, -0.25) is 0 Å². The largest absolute Gasteiger partial charge is 0.396 e. The molecule has 1 unspecified atom stereocenters. The lowest BCUT2D eigenvalue weighted by molar-refractivity contribution is 0.238.